The van der Waals surface area contributed by atoms with E-state index in [0.29, 0.717) is 16.7 Å². The first-order valence-electron chi connectivity index (χ1n) is 9.55. The van der Waals surface area contributed by atoms with Gasteiger partial charge in [-0.25, -0.2) is 12.8 Å². The molecule has 0 fully saturated rings. The van der Waals surface area contributed by atoms with Gasteiger partial charge in [0.05, 0.1) is 17.7 Å². The first-order valence-corrected chi connectivity index (χ1v) is 11.0. The molecule has 7 nitrogen and oxygen atoms in total. The topological polar surface area (TPSA) is 97.6 Å². The van der Waals surface area contributed by atoms with Crippen molar-refractivity contribution in [3.63, 3.8) is 0 Å². The van der Waals surface area contributed by atoms with E-state index >= 15 is 0 Å². The number of sulfonamides is 1. The molecule has 4 aromatic rings. The number of aryl methyl sites for hydroxylation is 1. The third-order valence-electron chi connectivity index (χ3n) is 4.88. The number of nitrogens with one attached hydrogen (secondary N) is 2. The van der Waals surface area contributed by atoms with Gasteiger partial charge < -0.3 is 14.5 Å². The van der Waals surface area contributed by atoms with Crippen molar-refractivity contribution in [2.75, 3.05) is 17.1 Å². The van der Waals surface area contributed by atoms with Crippen LogP contribution in [0.3, 0.4) is 0 Å². The molecule has 0 atom stereocenters. The highest BCUT2D eigenvalue weighted by Crippen LogP contribution is 2.29. The maximum Gasteiger partial charge on any atom is 0.291 e. The first-order chi connectivity index (χ1) is 15.3. The number of hydrogen-bond acceptors (Lipinski definition) is 5. The van der Waals surface area contributed by atoms with Gasteiger partial charge in [-0.05, 0) is 43.3 Å². The van der Waals surface area contributed by atoms with E-state index in [1.54, 1.807) is 43.3 Å². The molecule has 2 N–H and O–H groups in total. The molecule has 4 rings (SSSR count). The number of ether oxygens (including phenoxy) is 1. The quantitative estimate of drug-likeness (QED) is 0.430. The van der Waals surface area contributed by atoms with E-state index in [4.69, 9.17) is 9.15 Å². The van der Waals surface area contributed by atoms with Crippen LogP contribution in [0.25, 0.3) is 11.0 Å². The Morgan fingerprint density at radius 1 is 1.03 bits per heavy atom. The van der Waals surface area contributed by atoms with Gasteiger partial charge in [-0.2, -0.15) is 0 Å². The third-order valence-corrected chi connectivity index (χ3v) is 6.24. The van der Waals surface area contributed by atoms with Crippen LogP contribution in [0, 0.1) is 12.7 Å². The van der Waals surface area contributed by atoms with Gasteiger partial charge in [-0.1, -0.05) is 30.3 Å². The van der Waals surface area contributed by atoms with Gasteiger partial charge in [-0.3, -0.25) is 9.52 Å². The van der Waals surface area contributed by atoms with E-state index in [-0.39, 0.29) is 27.6 Å². The summed E-state index contributed by atoms with van der Waals surface area (Å²) in [6.45, 7) is 1.65. The molecule has 9 heteroatoms. The molecule has 0 bridgehead atoms. The Balaban J connectivity index is 1.60. The molecule has 1 amide bonds. The second-order valence-corrected chi connectivity index (χ2v) is 8.64. The number of para-hydroxylation sites is 3. The van der Waals surface area contributed by atoms with E-state index in [0.717, 1.165) is 0 Å². The summed E-state index contributed by atoms with van der Waals surface area (Å²) in [5.74, 6) is -0.871. The maximum absolute atomic E-state index is 14.0. The molecule has 32 heavy (non-hydrogen) atoms. The molecule has 0 unspecified atom stereocenters. The van der Waals surface area contributed by atoms with Crippen LogP contribution < -0.4 is 14.8 Å². The summed E-state index contributed by atoms with van der Waals surface area (Å²) in [5.41, 5.74) is 0.994. The number of halogens is 1. The zero-order valence-corrected chi connectivity index (χ0v) is 18.0. The molecule has 1 heterocycles. The summed E-state index contributed by atoms with van der Waals surface area (Å²) in [5, 5.41) is 3.10. The zero-order valence-electron chi connectivity index (χ0n) is 17.2. The van der Waals surface area contributed by atoms with Crippen LogP contribution >= 0.6 is 0 Å². The fourth-order valence-electron chi connectivity index (χ4n) is 3.29. The van der Waals surface area contributed by atoms with Gasteiger partial charge in [-0.15, -0.1) is 0 Å². The number of carbonyl (C=O) groups excluding carboxylic acids is 1. The van der Waals surface area contributed by atoms with Crippen LogP contribution in [-0.4, -0.2) is 21.4 Å². The lowest BCUT2D eigenvalue weighted by Crippen LogP contribution is -2.15. The second-order valence-electron chi connectivity index (χ2n) is 6.96. The molecule has 164 valence electrons. The van der Waals surface area contributed by atoms with Gasteiger partial charge in [0.1, 0.15) is 5.75 Å². The zero-order chi connectivity index (χ0) is 22.9. The fourth-order valence-corrected chi connectivity index (χ4v) is 4.40. The van der Waals surface area contributed by atoms with Crippen LogP contribution in [0.1, 0.15) is 16.1 Å². The standard InChI is InChI=1S/C23H19FN2O5S/c1-14-17-9-6-10-18(24)22(17)31-21(14)23(27)25-15-7-5-8-16(13-15)32(28,29)26-19-11-3-4-12-20(19)30-2/h3-13,26H,1-2H3,(H,25,27). The van der Waals surface area contributed by atoms with Crippen molar-refractivity contribution in [3.05, 3.63) is 83.9 Å². The summed E-state index contributed by atoms with van der Waals surface area (Å²) < 4.78 is 52.8. The minimum absolute atomic E-state index is 0.00696. The van der Waals surface area contributed by atoms with E-state index in [1.165, 1.54) is 37.4 Å². The predicted octanol–water partition coefficient (Wildman–Crippen LogP) is 4.94. The first kappa shape index (κ1) is 21.4. The minimum atomic E-state index is -3.96. The predicted molar refractivity (Wildman–Crippen MR) is 119 cm³/mol. The number of methoxy groups -OCH3 is 1. The molecule has 0 aliphatic carbocycles. The number of furan rings is 1. The van der Waals surface area contributed by atoms with Crippen molar-refractivity contribution in [2.45, 2.75) is 11.8 Å². The number of fused-ring (bicyclic) bond motifs is 1. The molecule has 0 saturated heterocycles. The van der Waals surface area contributed by atoms with Crippen molar-refractivity contribution >= 4 is 38.3 Å². The summed E-state index contributed by atoms with van der Waals surface area (Å²) in [6.07, 6.45) is 0. The molecule has 1 aromatic heterocycles. The Hall–Kier alpha value is -3.85. The molecule has 0 spiro atoms. The molecular weight excluding hydrogens is 435 g/mol. The van der Waals surface area contributed by atoms with Crippen molar-refractivity contribution < 1.29 is 26.8 Å². The largest absolute Gasteiger partial charge is 0.495 e. The van der Waals surface area contributed by atoms with Crippen LogP contribution in [-0.2, 0) is 10.0 Å². The van der Waals surface area contributed by atoms with Crippen LogP contribution in [0.5, 0.6) is 5.75 Å². The van der Waals surface area contributed by atoms with Crippen molar-refractivity contribution in [1.82, 2.24) is 0 Å². The van der Waals surface area contributed by atoms with Gasteiger partial charge in [0.15, 0.2) is 17.2 Å². The maximum atomic E-state index is 14.0. The van der Waals surface area contributed by atoms with E-state index in [9.17, 15) is 17.6 Å². The SMILES string of the molecule is COc1ccccc1NS(=O)(=O)c1cccc(NC(=O)c2oc3c(F)cccc3c2C)c1. The molecule has 0 aliphatic rings. The highest BCUT2D eigenvalue weighted by atomic mass is 32.2. The number of carbonyl (C=O) groups is 1. The molecule has 0 radical (unpaired) electrons. The number of benzene rings is 3. The molecule has 0 saturated carbocycles. The lowest BCUT2D eigenvalue weighted by atomic mass is 10.1. The number of hydrogen-bond donors (Lipinski definition) is 2. The fraction of sp³-hybridized carbons (Fsp3) is 0.0870. The highest BCUT2D eigenvalue weighted by molar-refractivity contribution is 7.92. The van der Waals surface area contributed by atoms with E-state index in [2.05, 4.69) is 10.0 Å². The number of rotatable bonds is 6. The number of amides is 1. The third kappa shape index (κ3) is 4.02. The van der Waals surface area contributed by atoms with E-state index < -0.39 is 21.7 Å². The Kier molecular flexibility index (Phi) is 5.58. The molecule has 3 aromatic carbocycles. The summed E-state index contributed by atoms with van der Waals surface area (Å²) >= 11 is 0. The smallest absolute Gasteiger partial charge is 0.291 e. The van der Waals surface area contributed by atoms with Crippen molar-refractivity contribution in [1.29, 1.82) is 0 Å². The summed E-state index contributed by atoms with van der Waals surface area (Å²) in [7, 11) is -2.52. The second kappa shape index (κ2) is 8.35. The monoisotopic (exact) mass is 454 g/mol. The van der Waals surface area contributed by atoms with Crippen LogP contribution in [0.4, 0.5) is 15.8 Å². The Morgan fingerprint density at radius 3 is 2.53 bits per heavy atom. The van der Waals surface area contributed by atoms with E-state index in [1.807, 2.05) is 0 Å². The molecular formula is C23H19FN2O5S. The van der Waals surface area contributed by atoms with Crippen molar-refractivity contribution in [3.8, 4) is 5.75 Å². The Bertz CT molecular complexity index is 1430. The van der Waals surface area contributed by atoms with Crippen LogP contribution in [0.2, 0.25) is 0 Å². The lowest BCUT2D eigenvalue weighted by Gasteiger charge is -2.12. The normalized spacial score (nSPS) is 11.3. The van der Waals surface area contributed by atoms with Gasteiger partial charge in [0, 0.05) is 16.6 Å². The Morgan fingerprint density at radius 2 is 1.78 bits per heavy atom. The van der Waals surface area contributed by atoms with Crippen LogP contribution in [0.15, 0.2) is 76.0 Å². The number of anilines is 2. The summed E-state index contributed by atoms with van der Waals surface area (Å²) in [6, 6.07) is 16.8. The highest BCUT2D eigenvalue weighted by Gasteiger charge is 2.21. The lowest BCUT2D eigenvalue weighted by molar-refractivity contribution is 0.0997. The molecule has 0 aliphatic heterocycles. The summed E-state index contributed by atoms with van der Waals surface area (Å²) in [4.78, 5) is 12.7. The van der Waals surface area contributed by atoms with Gasteiger partial charge >= 0.3 is 0 Å². The average Bonchev–Trinajstić information content (AvgIpc) is 3.12. The Labute approximate surface area is 183 Å². The van der Waals surface area contributed by atoms with Gasteiger partial charge in [0.2, 0.25) is 0 Å². The average molecular weight is 454 g/mol. The van der Waals surface area contributed by atoms with Crippen molar-refractivity contribution in [2.24, 2.45) is 0 Å². The van der Waals surface area contributed by atoms with Gasteiger partial charge in [0.25, 0.3) is 15.9 Å². The minimum Gasteiger partial charge on any atom is -0.495 e.